The van der Waals surface area contributed by atoms with E-state index in [1.165, 1.54) is 23.5 Å². The van der Waals surface area contributed by atoms with Gasteiger partial charge in [0.2, 0.25) is 5.95 Å². The number of aromatic nitrogens is 2. The average Bonchev–Trinajstić information content (AvgIpc) is 2.50. The molecule has 1 aromatic heterocycles. The van der Waals surface area contributed by atoms with Crippen LogP contribution in [-0.4, -0.2) is 29.2 Å². The Morgan fingerprint density at radius 1 is 1.24 bits per heavy atom. The molecule has 1 aliphatic rings. The maximum Gasteiger partial charge on any atom is 0.225 e. The lowest BCUT2D eigenvalue weighted by atomic mass is 10.0. The molecule has 3 rings (SSSR count). The molecule has 0 N–H and O–H groups in total. The van der Waals surface area contributed by atoms with Gasteiger partial charge in [-0.2, -0.15) is 0 Å². The quantitative estimate of drug-likeness (QED) is 0.851. The molecule has 1 aromatic carbocycles. The summed E-state index contributed by atoms with van der Waals surface area (Å²) in [5.41, 5.74) is 2.38. The number of rotatable bonds is 2. The Morgan fingerprint density at radius 3 is 2.67 bits per heavy atom. The predicted molar refractivity (Wildman–Crippen MR) is 78.7 cm³/mol. The van der Waals surface area contributed by atoms with Crippen LogP contribution in [0.4, 0.5) is 10.3 Å². The van der Waals surface area contributed by atoms with Gasteiger partial charge in [0.1, 0.15) is 6.10 Å². The van der Waals surface area contributed by atoms with E-state index in [1.54, 1.807) is 0 Å². The molecule has 0 saturated carbocycles. The first kappa shape index (κ1) is 13.9. The Bertz CT molecular complexity index is 617. The lowest BCUT2D eigenvalue weighted by Crippen LogP contribution is -2.46. The molecule has 0 unspecified atom stereocenters. The van der Waals surface area contributed by atoms with Crippen molar-refractivity contribution in [1.29, 1.82) is 0 Å². The predicted octanol–water partition coefficient (Wildman–Crippen LogP) is 2.89. The van der Waals surface area contributed by atoms with Crippen molar-refractivity contribution >= 4 is 5.95 Å². The van der Waals surface area contributed by atoms with Crippen LogP contribution in [0.25, 0.3) is 0 Å². The van der Waals surface area contributed by atoms with Gasteiger partial charge >= 0.3 is 0 Å². The minimum atomic E-state index is -0.421. The number of benzene rings is 1. The molecule has 5 heteroatoms. The second-order valence-corrected chi connectivity index (χ2v) is 5.38. The maximum absolute atomic E-state index is 13.0. The largest absolute Gasteiger partial charge is 0.370 e. The number of aryl methyl sites for hydroxylation is 1. The highest BCUT2D eigenvalue weighted by Crippen LogP contribution is 2.28. The Kier molecular flexibility index (Phi) is 3.84. The molecular formula is C16H18FN3O. The zero-order chi connectivity index (χ0) is 14.8. The first-order valence-corrected chi connectivity index (χ1v) is 7.06. The van der Waals surface area contributed by atoms with Crippen molar-refractivity contribution < 1.29 is 9.13 Å². The normalized spacial score (nSPS) is 22.3. The maximum atomic E-state index is 13.0. The van der Waals surface area contributed by atoms with Crippen molar-refractivity contribution in [3.8, 4) is 0 Å². The Hall–Kier alpha value is -2.01. The standard InChI is InChI=1S/C16H18FN3O/c1-11-5-3-4-6-14(11)15-9-20(12(2)10-21-15)16-18-7-13(17)8-19-16/h3-8,12,15H,9-10H2,1-2H3/t12-,15-/m1/s1. The van der Waals surface area contributed by atoms with Gasteiger partial charge in [-0.05, 0) is 25.0 Å². The molecule has 2 aromatic rings. The zero-order valence-electron chi connectivity index (χ0n) is 12.2. The third-order valence-electron chi connectivity index (χ3n) is 3.83. The van der Waals surface area contributed by atoms with Crippen molar-refractivity contribution in [2.24, 2.45) is 0 Å². The summed E-state index contributed by atoms with van der Waals surface area (Å²) in [7, 11) is 0. The van der Waals surface area contributed by atoms with Crippen molar-refractivity contribution in [3.63, 3.8) is 0 Å². The second kappa shape index (κ2) is 5.77. The fourth-order valence-corrected chi connectivity index (χ4v) is 2.63. The minimum Gasteiger partial charge on any atom is -0.370 e. The first-order chi connectivity index (χ1) is 10.1. The lowest BCUT2D eigenvalue weighted by molar-refractivity contribution is 0.0205. The van der Waals surface area contributed by atoms with Crippen LogP contribution in [0.3, 0.4) is 0 Å². The SMILES string of the molecule is Cc1ccccc1[C@H]1CN(c2ncc(F)cn2)[C@H](C)CO1. The number of nitrogens with zero attached hydrogens (tertiary/aromatic N) is 3. The minimum absolute atomic E-state index is 0.0175. The molecule has 110 valence electrons. The summed E-state index contributed by atoms with van der Waals surface area (Å²) < 4.78 is 18.9. The van der Waals surface area contributed by atoms with Gasteiger partial charge in [0.15, 0.2) is 5.82 Å². The summed E-state index contributed by atoms with van der Waals surface area (Å²) in [6, 6.07) is 8.36. The van der Waals surface area contributed by atoms with Crippen LogP contribution < -0.4 is 4.90 Å². The number of morpholine rings is 1. The number of hydrogen-bond acceptors (Lipinski definition) is 4. The van der Waals surface area contributed by atoms with Gasteiger partial charge in [0.25, 0.3) is 0 Å². The van der Waals surface area contributed by atoms with Crippen molar-refractivity contribution in [2.45, 2.75) is 26.0 Å². The van der Waals surface area contributed by atoms with Crippen LogP contribution >= 0.6 is 0 Å². The molecule has 0 bridgehead atoms. The molecule has 2 heterocycles. The third-order valence-corrected chi connectivity index (χ3v) is 3.83. The monoisotopic (exact) mass is 287 g/mol. The van der Waals surface area contributed by atoms with Crippen LogP contribution in [0, 0.1) is 12.7 Å². The van der Waals surface area contributed by atoms with E-state index in [2.05, 4.69) is 40.8 Å². The molecule has 21 heavy (non-hydrogen) atoms. The van der Waals surface area contributed by atoms with Gasteiger partial charge in [-0.3, -0.25) is 0 Å². The summed E-state index contributed by atoms with van der Waals surface area (Å²) in [6.45, 7) is 5.40. The topological polar surface area (TPSA) is 38.2 Å². The van der Waals surface area contributed by atoms with Crippen LogP contribution in [-0.2, 0) is 4.74 Å². The van der Waals surface area contributed by atoms with Gasteiger partial charge in [-0.15, -0.1) is 0 Å². The average molecular weight is 287 g/mol. The molecule has 0 amide bonds. The van der Waals surface area contributed by atoms with Gasteiger partial charge < -0.3 is 9.64 Å². The molecule has 4 nitrogen and oxygen atoms in total. The van der Waals surface area contributed by atoms with E-state index in [1.807, 2.05) is 12.1 Å². The van der Waals surface area contributed by atoms with Gasteiger partial charge in [0.05, 0.1) is 31.6 Å². The summed E-state index contributed by atoms with van der Waals surface area (Å²) in [4.78, 5) is 10.2. The molecule has 0 aliphatic carbocycles. The molecule has 0 spiro atoms. The van der Waals surface area contributed by atoms with Crippen molar-refractivity contribution in [2.75, 3.05) is 18.1 Å². The summed E-state index contributed by atoms with van der Waals surface area (Å²) in [5, 5.41) is 0. The van der Waals surface area contributed by atoms with Crippen LogP contribution in [0.1, 0.15) is 24.2 Å². The zero-order valence-corrected chi connectivity index (χ0v) is 12.2. The molecule has 1 fully saturated rings. The van der Waals surface area contributed by atoms with E-state index in [-0.39, 0.29) is 12.1 Å². The van der Waals surface area contributed by atoms with Crippen molar-refractivity contribution in [1.82, 2.24) is 9.97 Å². The number of hydrogen-bond donors (Lipinski definition) is 0. The van der Waals surface area contributed by atoms with Crippen LogP contribution in [0.2, 0.25) is 0 Å². The van der Waals surface area contributed by atoms with E-state index in [0.717, 1.165) is 0 Å². The van der Waals surface area contributed by atoms with E-state index >= 15 is 0 Å². The van der Waals surface area contributed by atoms with Gasteiger partial charge in [-0.25, -0.2) is 14.4 Å². The van der Waals surface area contributed by atoms with Crippen LogP contribution in [0.5, 0.6) is 0 Å². The highest BCUT2D eigenvalue weighted by Gasteiger charge is 2.29. The first-order valence-electron chi connectivity index (χ1n) is 7.06. The fourth-order valence-electron chi connectivity index (χ4n) is 2.63. The van der Waals surface area contributed by atoms with Crippen molar-refractivity contribution in [3.05, 3.63) is 53.6 Å². The Morgan fingerprint density at radius 2 is 1.95 bits per heavy atom. The van der Waals surface area contributed by atoms with Gasteiger partial charge in [0, 0.05) is 0 Å². The fraction of sp³-hybridized carbons (Fsp3) is 0.375. The van der Waals surface area contributed by atoms with E-state index in [0.29, 0.717) is 19.1 Å². The number of ether oxygens (including phenoxy) is 1. The Labute approximate surface area is 123 Å². The van der Waals surface area contributed by atoms with E-state index in [9.17, 15) is 4.39 Å². The molecule has 1 saturated heterocycles. The highest BCUT2D eigenvalue weighted by atomic mass is 19.1. The highest BCUT2D eigenvalue weighted by molar-refractivity contribution is 5.35. The molecule has 2 atom stereocenters. The summed E-state index contributed by atoms with van der Waals surface area (Å²) >= 11 is 0. The smallest absolute Gasteiger partial charge is 0.225 e. The lowest BCUT2D eigenvalue weighted by Gasteiger charge is -2.38. The number of halogens is 1. The van der Waals surface area contributed by atoms with Gasteiger partial charge in [-0.1, -0.05) is 24.3 Å². The summed E-state index contributed by atoms with van der Waals surface area (Å²) in [6.07, 6.45) is 2.39. The summed E-state index contributed by atoms with van der Waals surface area (Å²) in [5.74, 6) is 0.126. The molecule has 0 radical (unpaired) electrons. The third kappa shape index (κ3) is 2.88. The van der Waals surface area contributed by atoms with Crippen LogP contribution in [0.15, 0.2) is 36.7 Å². The van der Waals surface area contributed by atoms with E-state index < -0.39 is 5.82 Å². The molecular weight excluding hydrogens is 269 g/mol. The van der Waals surface area contributed by atoms with E-state index in [4.69, 9.17) is 4.74 Å². The molecule has 1 aliphatic heterocycles. The number of anilines is 1. The Balaban J connectivity index is 1.85. The second-order valence-electron chi connectivity index (χ2n) is 5.38.